The molecule has 28 heavy (non-hydrogen) atoms. The highest BCUT2D eigenvalue weighted by atomic mass is 16.4. The van der Waals surface area contributed by atoms with Crippen LogP contribution in [0.25, 0.3) is 0 Å². The van der Waals surface area contributed by atoms with E-state index in [4.69, 9.17) is 0 Å². The number of carboxylic acids is 1. The van der Waals surface area contributed by atoms with Crippen LogP contribution in [0.4, 0.5) is 0 Å². The Hall–Kier alpha value is -2.65. The van der Waals surface area contributed by atoms with Crippen molar-refractivity contribution in [2.24, 2.45) is 0 Å². The lowest BCUT2D eigenvalue weighted by Gasteiger charge is -2.35. The monoisotopic (exact) mass is 396 g/mol. The Morgan fingerprint density at radius 3 is 1.96 bits per heavy atom. The van der Waals surface area contributed by atoms with Gasteiger partial charge >= 0.3 is 5.97 Å². The van der Waals surface area contributed by atoms with Crippen molar-refractivity contribution >= 4 is 29.6 Å². The van der Waals surface area contributed by atoms with Crippen LogP contribution in [0.15, 0.2) is 0 Å². The molecular weight excluding hydrogens is 368 g/mol. The number of carbonyl (C=O) groups excluding carboxylic acids is 4. The van der Waals surface area contributed by atoms with Gasteiger partial charge in [0.1, 0.15) is 0 Å². The van der Waals surface area contributed by atoms with Gasteiger partial charge in [-0.1, -0.05) is 0 Å². The van der Waals surface area contributed by atoms with E-state index in [0.717, 1.165) is 5.01 Å². The number of amides is 4. The van der Waals surface area contributed by atoms with Crippen molar-refractivity contribution in [3.8, 4) is 0 Å². The van der Waals surface area contributed by atoms with E-state index in [1.807, 2.05) is 0 Å². The van der Waals surface area contributed by atoms with Crippen molar-refractivity contribution in [1.82, 2.24) is 20.0 Å². The van der Waals surface area contributed by atoms with E-state index in [9.17, 15) is 29.1 Å². The van der Waals surface area contributed by atoms with Crippen LogP contribution in [0.5, 0.6) is 0 Å². The highest BCUT2D eigenvalue weighted by Crippen LogP contribution is 2.20. The first-order valence-corrected chi connectivity index (χ1v) is 9.65. The smallest absolute Gasteiger partial charge is 0.328 e. The van der Waals surface area contributed by atoms with Gasteiger partial charge in [0.25, 0.3) is 0 Å². The summed E-state index contributed by atoms with van der Waals surface area (Å²) >= 11 is 0. The molecule has 2 heterocycles. The predicted molar refractivity (Wildman–Crippen MR) is 97.1 cm³/mol. The number of hydrazine groups is 2. The summed E-state index contributed by atoms with van der Waals surface area (Å²) in [7, 11) is 0. The summed E-state index contributed by atoms with van der Waals surface area (Å²) in [6, 6.07) is -1.14. The number of hydrogen-bond donors (Lipinski definition) is 1. The minimum atomic E-state index is -1.17. The summed E-state index contributed by atoms with van der Waals surface area (Å²) in [6.07, 6.45) is 3.07. The number of nitrogens with zero attached hydrogens (tertiary/aromatic N) is 4. The van der Waals surface area contributed by atoms with Crippen LogP contribution in [-0.4, -0.2) is 80.4 Å². The van der Waals surface area contributed by atoms with Gasteiger partial charge in [0.05, 0.1) is 0 Å². The largest absolute Gasteiger partial charge is 0.480 e. The molecule has 0 aromatic heterocycles. The van der Waals surface area contributed by atoms with E-state index >= 15 is 0 Å². The lowest BCUT2D eigenvalue weighted by atomic mass is 10.1. The summed E-state index contributed by atoms with van der Waals surface area (Å²) in [5.74, 6) is -2.24. The molecule has 0 spiro atoms. The van der Waals surface area contributed by atoms with Gasteiger partial charge in [0, 0.05) is 46.3 Å². The fourth-order valence-electron chi connectivity index (χ4n) is 3.71. The van der Waals surface area contributed by atoms with Gasteiger partial charge in [0.2, 0.25) is 23.6 Å². The Morgan fingerprint density at radius 2 is 1.54 bits per heavy atom. The third-order valence-corrected chi connectivity index (χ3v) is 5.01. The molecule has 1 atom stereocenters. The van der Waals surface area contributed by atoms with Crippen LogP contribution in [0.2, 0.25) is 0 Å². The van der Waals surface area contributed by atoms with Crippen molar-refractivity contribution in [3.05, 3.63) is 0 Å². The molecule has 10 heteroatoms. The number of hydrogen-bond acceptors (Lipinski definition) is 5. The van der Waals surface area contributed by atoms with E-state index in [1.165, 1.54) is 28.9 Å². The second-order valence-electron chi connectivity index (χ2n) is 7.10. The highest BCUT2D eigenvalue weighted by Gasteiger charge is 2.36. The second kappa shape index (κ2) is 9.52. The van der Waals surface area contributed by atoms with Gasteiger partial charge < -0.3 is 5.11 Å². The fraction of sp³-hybridized carbons (Fsp3) is 0.722. The van der Waals surface area contributed by atoms with Gasteiger partial charge in [-0.2, -0.15) is 0 Å². The Kier molecular flexibility index (Phi) is 7.36. The maximum atomic E-state index is 12.0. The van der Waals surface area contributed by atoms with Crippen LogP contribution in [0, 0.1) is 0 Å². The molecule has 0 bridgehead atoms. The number of carbonyl (C=O) groups is 5. The molecule has 1 unspecified atom stereocenters. The summed E-state index contributed by atoms with van der Waals surface area (Å²) in [6.45, 7) is 3.78. The maximum absolute atomic E-state index is 12.0. The molecule has 2 aliphatic heterocycles. The van der Waals surface area contributed by atoms with E-state index in [1.54, 1.807) is 0 Å². The van der Waals surface area contributed by atoms with Crippen molar-refractivity contribution < 1.29 is 29.1 Å². The quantitative estimate of drug-likeness (QED) is 0.563. The number of carboxylic acid groups (broad SMARTS) is 1. The molecule has 0 radical (unpaired) electrons. The van der Waals surface area contributed by atoms with E-state index < -0.39 is 17.9 Å². The fourth-order valence-corrected chi connectivity index (χ4v) is 3.71. The van der Waals surface area contributed by atoms with Gasteiger partial charge in [-0.25, -0.2) is 9.80 Å². The highest BCUT2D eigenvalue weighted by molar-refractivity contribution is 5.86. The van der Waals surface area contributed by atoms with Gasteiger partial charge in [-0.15, -0.1) is 0 Å². The summed E-state index contributed by atoms with van der Waals surface area (Å²) in [5.41, 5.74) is 0. The normalized spacial score (nSPS) is 17.8. The standard InChI is InChI=1S/C18H28N4O6/c1-13(23)19(20-11-5-8-16(20)25)10-4-3-7-15(18(27)28)22(14(2)24)21-12-6-9-17(21)26/h15H,3-12H2,1-2H3,(H,27,28). The van der Waals surface area contributed by atoms with Crippen LogP contribution in [0.3, 0.4) is 0 Å². The van der Waals surface area contributed by atoms with Gasteiger partial charge in [0.15, 0.2) is 6.04 Å². The number of unbranched alkanes of at least 4 members (excludes halogenated alkanes) is 1. The maximum Gasteiger partial charge on any atom is 0.328 e. The molecule has 0 aliphatic carbocycles. The average Bonchev–Trinajstić information content (AvgIpc) is 3.21. The summed E-state index contributed by atoms with van der Waals surface area (Å²) < 4.78 is 0. The first-order chi connectivity index (χ1) is 13.2. The Bertz CT molecular complexity index is 652. The first kappa shape index (κ1) is 21.6. The van der Waals surface area contributed by atoms with Crippen LogP contribution >= 0.6 is 0 Å². The molecule has 0 aromatic carbocycles. The molecule has 2 fully saturated rings. The van der Waals surface area contributed by atoms with Crippen molar-refractivity contribution in [2.75, 3.05) is 19.6 Å². The lowest BCUT2D eigenvalue weighted by molar-refractivity contribution is -0.172. The van der Waals surface area contributed by atoms with Crippen molar-refractivity contribution in [2.45, 2.75) is 64.8 Å². The lowest BCUT2D eigenvalue weighted by Crippen LogP contribution is -2.54. The molecule has 2 rings (SSSR count). The Labute approximate surface area is 164 Å². The zero-order valence-electron chi connectivity index (χ0n) is 16.4. The van der Waals surface area contributed by atoms with Crippen molar-refractivity contribution in [1.29, 1.82) is 0 Å². The minimum absolute atomic E-state index is 0.0890. The van der Waals surface area contributed by atoms with Crippen LogP contribution < -0.4 is 0 Å². The minimum Gasteiger partial charge on any atom is -0.480 e. The molecule has 4 amide bonds. The SMILES string of the molecule is CC(=O)N(CCCCC(C(=O)O)N(C(C)=O)N1CCCC1=O)N1CCCC1=O. The van der Waals surface area contributed by atoms with Gasteiger partial charge in [-0.3, -0.25) is 34.2 Å². The van der Waals surface area contributed by atoms with Crippen LogP contribution in [-0.2, 0) is 24.0 Å². The van der Waals surface area contributed by atoms with Crippen LogP contribution in [0.1, 0.15) is 58.8 Å². The predicted octanol–water partition coefficient (Wildman–Crippen LogP) is 0.382. The zero-order chi connectivity index (χ0) is 20.8. The number of aliphatic carboxylic acids is 1. The first-order valence-electron chi connectivity index (χ1n) is 9.65. The summed E-state index contributed by atoms with van der Waals surface area (Å²) in [4.78, 5) is 59.5. The Balaban J connectivity index is 1.95. The molecule has 2 aliphatic rings. The molecule has 2 saturated heterocycles. The Morgan fingerprint density at radius 1 is 0.964 bits per heavy atom. The zero-order valence-corrected chi connectivity index (χ0v) is 16.4. The summed E-state index contributed by atoms with van der Waals surface area (Å²) in [5, 5.41) is 14.7. The topological polar surface area (TPSA) is 119 Å². The molecule has 1 N–H and O–H groups in total. The molecule has 10 nitrogen and oxygen atoms in total. The molecule has 0 saturated carbocycles. The molecular formula is C18H28N4O6. The average molecular weight is 396 g/mol. The van der Waals surface area contributed by atoms with E-state index in [-0.39, 0.29) is 24.1 Å². The molecule has 0 aromatic rings. The second-order valence-corrected chi connectivity index (χ2v) is 7.10. The molecule has 156 valence electrons. The number of rotatable bonds is 9. The third kappa shape index (κ3) is 4.99. The van der Waals surface area contributed by atoms with E-state index in [2.05, 4.69) is 0 Å². The van der Waals surface area contributed by atoms with Gasteiger partial charge in [-0.05, 0) is 32.1 Å². The van der Waals surface area contributed by atoms with E-state index in [0.29, 0.717) is 58.2 Å². The third-order valence-electron chi connectivity index (χ3n) is 5.01. The van der Waals surface area contributed by atoms with Crippen molar-refractivity contribution in [3.63, 3.8) is 0 Å².